The van der Waals surface area contributed by atoms with Gasteiger partial charge >= 0.3 is 6.09 Å². The van der Waals surface area contributed by atoms with Crippen LogP contribution < -0.4 is 44.6 Å². The average molecular weight is 1080 g/mol. The van der Waals surface area contributed by atoms with Gasteiger partial charge in [0.15, 0.2) is 39.6 Å². The summed E-state index contributed by atoms with van der Waals surface area (Å²) in [5.41, 5.74) is 16.7. The van der Waals surface area contributed by atoms with Crippen LogP contribution in [-0.4, -0.2) is 111 Å². The van der Waals surface area contributed by atoms with Crippen LogP contribution in [0.5, 0.6) is 40.2 Å². The molecule has 18 heteroatoms. The molecule has 2 aliphatic rings. The smallest absolute Gasteiger partial charge is 0.409 e. The summed E-state index contributed by atoms with van der Waals surface area (Å²) >= 11 is 0. The van der Waals surface area contributed by atoms with Crippen LogP contribution in [0.15, 0.2) is 85.2 Å². The molecular weight excluding hydrogens is 1000 g/mol. The Labute approximate surface area is 451 Å². The van der Waals surface area contributed by atoms with E-state index in [9.17, 15) is 14.4 Å². The minimum absolute atomic E-state index is 0.00196. The van der Waals surface area contributed by atoms with Gasteiger partial charge in [-0.3, -0.25) is 9.59 Å². The highest BCUT2D eigenvalue weighted by Crippen LogP contribution is 2.43. The van der Waals surface area contributed by atoms with Crippen LogP contribution in [0.2, 0.25) is 36.3 Å². The lowest BCUT2D eigenvalue weighted by molar-refractivity contribution is 0.0729. The molecule has 0 bridgehead atoms. The predicted molar refractivity (Wildman–Crippen MR) is 303 cm³/mol. The number of carbonyl (C=O) groups excluding carboxylic acids is 3. The Morgan fingerprint density at radius 1 is 0.553 bits per heavy atom. The number of rotatable bonds is 23. The van der Waals surface area contributed by atoms with Gasteiger partial charge in [0, 0.05) is 36.3 Å². The summed E-state index contributed by atoms with van der Waals surface area (Å²) in [6.07, 6.45) is 5.78. The van der Waals surface area contributed by atoms with E-state index in [0.717, 1.165) is 33.8 Å². The van der Waals surface area contributed by atoms with E-state index in [1.165, 1.54) is 26.4 Å². The topological polar surface area (TPSA) is 193 Å². The molecule has 0 saturated carbocycles. The molecule has 0 aromatic heterocycles. The molecule has 0 spiro atoms. The van der Waals surface area contributed by atoms with Crippen molar-refractivity contribution in [2.45, 2.75) is 122 Å². The lowest BCUT2D eigenvalue weighted by Gasteiger charge is -2.38. The van der Waals surface area contributed by atoms with Gasteiger partial charge in [0.1, 0.15) is 17.2 Å². The first-order valence-corrected chi connectivity index (χ1v) is 31.7. The Morgan fingerprint density at radius 3 is 1.36 bits per heavy atom. The molecule has 16 nitrogen and oxygen atoms in total. The zero-order chi connectivity index (χ0) is 55.8. The summed E-state index contributed by atoms with van der Waals surface area (Å²) in [4.78, 5) is 44.8. The van der Waals surface area contributed by atoms with Gasteiger partial charge in [-0.2, -0.15) is 0 Å². The van der Waals surface area contributed by atoms with Crippen molar-refractivity contribution in [2.75, 3.05) is 60.6 Å². The molecule has 4 N–H and O–H groups in total. The summed E-state index contributed by atoms with van der Waals surface area (Å²) < 4.78 is 53.4. The van der Waals surface area contributed by atoms with Crippen LogP contribution in [0.4, 0.5) is 10.5 Å². The second-order valence-corrected chi connectivity index (χ2v) is 31.9. The fourth-order valence-corrected chi connectivity index (χ4v) is 10.4. The highest BCUT2D eigenvalue weighted by atomic mass is 28.4. The molecule has 4 aromatic carbocycles. The maximum Gasteiger partial charge on any atom is 0.409 e. The summed E-state index contributed by atoms with van der Waals surface area (Å²) in [6.45, 7) is 23.2. The third-order valence-corrected chi connectivity index (χ3v) is 24.1. The lowest BCUT2D eigenvalue weighted by atomic mass is 10.0. The number of nitrogens with two attached hydrogens (primary N) is 2. The van der Waals surface area contributed by atoms with Crippen LogP contribution in [-0.2, 0) is 8.85 Å². The summed E-state index contributed by atoms with van der Waals surface area (Å²) in [7, 11) is 1.92. The van der Waals surface area contributed by atoms with Crippen molar-refractivity contribution in [1.29, 1.82) is 0 Å². The molecule has 2 heterocycles. The maximum atomic E-state index is 14.7. The highest BCUT2D eigenvalue weighted by molar-refractivity contribution is 6.74. The third-order valence-electron chi connectivity index (χ3n) is 15.1. The number of nitrogens with zero attached hydrogens (tertiary/aromatic N) is 2. The van der Waals surface area contributed by atoms with Crippen molar-refractivity contribution < 1.29 is 56.4 Å². The number of carbonyl (C=O) groups is 3. The number of ether oxygens (including phenoxy) is 7. The average Bonchev–Trinajstić information content (AvgIpc) is 4.01. The molecule has 3 amide bonds. The lowest BCUT2D eigenvalue weighted by Crippen LogP contribution is -2.45. The van der Waals surface area contributed by atoms with E-state index in [4.69, 9.17) is 53.5 Å². The zero-order valence-electron chi connectivity index (χ0n) is 47.0. The van der Waals surface area contributed by atoms with E-state index < -0.39 is 28.6 Å². The van der Waals surface area contributed by atoms with Crippen LogP contribution >= 0.6 is 0 Å². The molecular formula is C58H80N4O12Si2. The summed E-state index contributed by atoms with van der Waals surface area (Å²) in [5, 5.41) is -0.0469. The first-order valence-electron chi connectivity index (χ1n) is 25.9. The van der Waals surface area contributed by atoms with E-state index in [1.807, 2.05) is 60.9 Å². The van der Waals surface area contributed by atoms with Crippen molar-refractivity contribution >= 4 is 51.4 Å². The van der Waals surface area contributed by atoms with Gasteiger partial charge in [-0.15, -0.1) is 0 Å². The number of primary amides is 1. The van der Waals surface area contributed by atoms with Crippen molar-refractivity contribution in [3.8, 4) is 40.2 Å². The van der Waals surface area contributed by atoms with Gasteiger partial charge in [0.05, 0.1) is 78.1 Å². The molecule has 0 fully saturated rings. The molecule has 0 aliphatic carbocycles. The van der Waals surface area contributed by atoms with Gasteiger partial charge in [0.2, 0.25) is 0 Å². The Kier molecular flexibility index (Phi) is 19.1. The number of nitrogen functional groups attached to an aromatic ring is 1. The molecule has 6 rings (SSSR count). The number of unbranched alkanes of at least 4 members (excludes halogenated alkanes) is 2. The van der Waals surface area contributed by atoms with Gasteiger partial charge in [0.25, 0.3) is 11.8 Å². The quantitative estimate of drug-likeness (QED) is 0.0405. The Hall–Kier alpha value is -6.48. The van der Waals surface area contributed by atoms with E-state index in [-0.39, 0.29) is 63.2 Å². The molecule has 76 heavy (non-hydrogen) atoms. The van der Waals surface area contributed by atoms with Crippen LogP contribution in [0.3, 0.4) is 0 Å². The Bertz CT molecular complexity index is 2750. The van der Waals surface area contributed by atoms with Gasteiger partial charge in [-0.05, 0) is 121 Å². The molecule has 2 aliphatic heterocycles. The maximum absolute atomic E-state index is 14.7. The van der Waals surface area contributed by atoms with E-state index in [1.54, 1.807) is 36.2 Å². The molecule has 412 valence electrons. The van der Waals surface area contributed by atoms with E-state index >= 15 is 0 Å². The van der Waals surface area contributed by atoms with Gasteiger partial charge in [-0.25, -0.2) is 4.79 Å². The molecule has 4 aromatic rings. The highest BCUT2D eigenvalue weighted by Gasteiger charge is 2.42. The Morgan fingerprint density at radius 2 is 0.961 bits per heavy atom. The molecule has 0 unspecified atom stereocenters. The number of anilines is 1. The van der Waals surface area contributed by atoms with Crippen molar-refractivity contribution in [3.63, 3.8) is 0 Å². The first-order chi connectivity index (χ1) is 35.8. The van der Waals surface area contributed by atoms with Crippen molar-refractivity contribution in [2.24, 2.45) is 5.73 Å². The fraction of sp³-hybridized carbons (Fsp3) is 0.466. The predicted octanol–water partition coefficient (Wildman–Crippen LogP) is 11.9. The van der Waals surface area contributed by atoms with E-state index in [2.05, 4.69) is 67.7 Å². The number of hydrogen-bond donors (Lipinski definition) is 2. The largest absolute Gasteiger partial charge is 0.497 e. The standard InChI is InChI=1S/C58H80N4O12Si2/c1-57(2,3)75(11,12)72-36-42-28-40(38-18-22-44(66-7)23-19-38)34-61(42)54(63)46-30-50(68-9)52(32-48(46)59)70-26-16-15-17-27-71-53-33-49(74-56(60)65)47(31-51(53)69-10)55(64)62-35-41(39-20-24-45(67-8)25-21-39)29-43(62)37-73-76(13,14)58(4,5)6/h18-25,30-35,42-43H,15-17,26-29,36-37,59H2,1-14H3,(H2,60,65)/t42-,43-/m0/s1. The van der Waals surface area contributed by atoms with Crippen LogP contribution in [0.1, 0.15) is 105 Å². The summed E-state index contributed by atoms with van der Waals surface area (Å²) in [5.74, 6) is 2.06. The number of benzene rings is 4. The monoisotopic (exact) mass is 1080 g/mol. The van der Waals surface area contributed by atoms with E-state index in [0.29, 0.717) is 69.0 Å². The zero-order valence-corrected chi connectivity index (χ0v) is 49.0. The minimum Gasteiger partial charge on any atom is -0.497 e. The van der Waals surface area contributed by atoms with Crippen molar-refractivity contribution in [1.82, 2.24) is 9.80 Å². The number of amides is 3. The Balaban J connectivity index is 1.10. The van der Waals surface area contributed by atoms with Crippen LogP contribution in [0.25, 0.3) is 11.1 Å². The SMILES string of the molecule is COc1ccc(C2=CN(C(=O)c3cc(OC)c(OCCCCCOc4cc(OC(N)=O)c(C(=O)N5C=C(c6ccc(OC)cc6)C[C@H]5CO[Si](C)(C)C(C)(C)C)cc4OC)cc3N)[C@H](CO[Si](C)(C)C(C)(C)C)C2)cc1. The van der Waals surface area contributed by atoms with Gasteiger partial charge in [-0.1, -0.05) is 65.8 Å². The normalized spacial score (nSPS) is 16.0. The minimum atomic E-state index is -2.20. The van der Waals surface area contributed by atoms with Crippen LogP contribution in [0, 0.1) is 0 Å². The molecule has 2 atom stereocenters. The molecule has 0 radical (unpaired) electrons. The second kappa shape index (κ2) is 24.7. The van der Waals surface area contributed by atoms with Crippen molar-refractivity contribution in [3.05, 3.63) is 107 Å². The number of methoxy groups -OCH3 is 4. The fourth-order valence-electron chi connectivity index (χ4n) is 8.35. The first kappa shape index (κ1) is 58.8. The van der Waals surface area contributed by atoms with Gasteiger partial charge < -0.3 is 63.3 Å². The molecule has 0 saturated heterocycles. The third kappa shape index (κ3) is 14.1. The second-order valence-electron chi connectivity index (χ2n) is 22.3. The number of hydrogen-bond acceptors (Lipinski definition) is 13. The summed E-state index contributed by atoms with van der Waals surface area (Å²) in [6, 6.07) is 21.1.